The van der Waals surface area contributed by atoms with Crippen LogP contribution in [-0.2, 0) is 23.9 Å². The number of amides is 4. The van der Waals surface area contributed by atoms with E-state index in [0.29, 0.717) is 25.9 Å². The fourth-order valence-corrected chi connectivity index (χ4v) is 6.58. The van der Waals surface area contributed by atoms with Crippen molar-refractivity contribution in [3.8, 4) is 11.1 Å². The first-order chi connectivity index (χ1) is 21.9. The van der Waals surface area contributed by atoms with Gasteiger partial charge in [-0.05, 0) is 62.3 Å². The SMILES string of the molecule is CC(C)(C)OC(=O)N1C[C@@H]2C[C@H]1CN2C(=O)CCC[C@H](NC(=O)OCC1c2ccccc2-c2ccccc21)C(=O)NCCC(=O)O. The number of carbonyl (C=O) groups excluding carboxylic acids is 4. The van der Waals surface area contributed by atoms with Crippen molar-refractivity contribution in [1.29, 1.82) is 0 Å². The summed E-state index contributed by atoms with van der Waals surface area (Å²) >= 11 is 0. The Labute approximate surface area is 268 Å². The van der Waals surface area contributed by atoms with Crippen LogP contribution < -0.4 is 10.6 Å². The smallest absolute Gasteiger partial charge is 0.410 e. The highest BCUT2D eigenvalue weighted by Gasteiger charge is 2.48. The Hall–Kier alpha value is -4.61. The number of likely N-dealkylation sites (tertiary alicyclic amines) is 2. The molecule has 1 aliphatic carbocycles. The van der Waals surface area contributed by atoms with E-state index < -0.39 is 29.6 Å². The second-order valence-electron chi connectivity index (χ2n) is 13.1. The van der Waals surface area contributed by atoms with Crippen molar-refractivity contribution in [2.24, 2.45) is 0 Å². The van der Waals surface area contributed by atoms with Crippen LogP contribution in [0, 0.1) is 0 Å². The van der Waals surface area contributed by atoms with E-state index in [9.17, 15) is 24.0 Å². The monoisotopic (exact) mass is 634 g/mol. The number of ether oxygens (including phenoxy) is 2. The minimum Gasteiger partial charge on any atom is -0.481 e. The zero-order valence-electron chi connectivity index (χ0n) is 26.5. The van der Waals surface area contributed by atoms with Crippen molar-refractivity contribution in [1.82, 2.24) is 20.4 Å². The van der Waals surface area contributed by atoms with Gasteiger partial charge in [0.1, 0.15) is 18.2 Å². The van der Waals surface area contributed by atoms with Gasteiger partial charge in [0, 0.05) is 32.0 Å². The van der Waals surface area contributed by atoms with E-state index >= 15 is 0 Å². The first kappa shape index (κ1) is 32.8. The average Bonchev–Trinajstić information content (AvgIpc) is 3.70. The molecule has 12 nitrogen and oxygen atoms in total. The predicted octanol–water partition coefficient (Wildman–Crippen LogP) is 3.88. The van der Waals surface area contributed by atoms with Gasteiger partial charge in [-0.2, -0.15) is 0 Å². The summed E-state index contributed by atoms with van der Waals surface area (Å²) in [5.74, 6) is -1.84. The Morgan fingerprint density at radius 2 is 1.52 bits per heavy atom. The van der Waals surface area contributed by atoms with Crippen molar-refractivity contribution >= 4 is 30.0 Å². The van der Waals surface area contributed by atoms with E-state index in [1.165, 1.54) is 0 Å². The third-order valence-corrected chi connectivity index (χ3v) is 8.66. The number of hydrogen-bond acceptors (Lipinski definition) is 7. The van der Waals surface area contributed by atoms with E-state index in [-0.39, 0.29) is 62.4 Å². The number of benzene rings is 2. The molecule has 0 saturated carbocycles. The van der Waals surface area contributed by atoms with Crippen molar-refractivity contribution < 1.29 is 38.6 Å². The first-order valence-electron chi connectivity index (χ1n) is 15.8. The number of hydrogen-bond donors (Lipinski definition) is 3. The molecular formula is C34H42N4O8. The molecule has 246 valence electrons. The van der Waals surface area contributed by atoms with E-state index in [0.717, 1.165) is 22.3 Å². The van der Waals surface area contributed by atoms with Crippen molar-refractivity contribution in [3.63, 3.8) is 0 Å². The zero-order chi connectivity index (χ0) is 33.0. The van der Waals surface area contributed by atoms with E-state index in [1.807, 2.05) is 69.3 Å². The molecule has 4 amide bonds. The molecular weight excluding hydrogens is 592 g/mol. The van der Waals surface area contributed by atoms with Gasteiger partial charge < -0.3 is 35.0 Å². The first-order valence-corrected chi connectivity index (χ1v) is 15.8. The molecule has 46 heavy (non-hydrogen) atoms. The topological polar surface area (TPSA) is 155 Å². The summed E-state index contributed by atoms with van der Waals surface area (Å²) < 4.78 is 11.1. The molecule has 2 aromatic rings. The lowest BCUT2D eigenvalue weighted by Gasteiger charge is -2.35. The molecule has 2 heterocycles. The van der Waals surface area contributed by atoms with Gasteiger partial charge in [0.2, 0.25) is 11.8 Å². The number of nitrogens with one attached hydrogen (secondary N) is 2. The van der Waals surface area contributed by atoms with Gasteiger partial charge in [-0.1, -0.05) is 48.5 Å². The number of alkyl carbamates (subject to hydrolysis) is 1. The molecule has 2 aliphatic heterocycles. The lowest BCUT2D eigenvalue weighted by Crippen LogP contribution is -2.51. The van der Waals surface area contributed by atoms with Gasteiger partial charge in [0.15, 0.2) is 0 Å². The molecule has 2 bridgehead atoms. The van der Waals surface area contributed by atoms with Crippen LogP contribution in [-0.4, -0.2) is 94.8 Å². The molecule has 12 heteroatoms. The molecule has 2 saturated heterocycles. The van der Waals surface area contributed by atoms with Crippen LogP contribution in [0.4, 0.5) is 9.59 Å². The van der Waals surface area contributed by atoms with E-state index in [1.54, 1.807) is 9.80 Å². The number of aliphatic carboxylic acids is 1. The summed E-state index contributed by atoms with van der Waals surface area (Å²) in [5.41, 5.74) is 3.71. The van der Waals surface area contributed by atoms with Gasteiger partial charge in [0.25, 0.3) is 0 Å². The van der Waals surface area contributed by atoms with Crippen LogP contribution in [0.5, 0.6) is 0 Å². The number of carboxylic acid groups (broad SMARTS) is 1. The van der Waals surface area contributed by atoms with Crippen LogP contribution >= 0.6 is 0 Å². The zero-order valence-corrected chi connectivity index (χ0v) is 26.5. The Kier molecular flexibility index (Phi) is 9.83. The maximum atomic E-state index is 13.1. The fourth-order valence-electron chi connectivity index (χ4n) is 6.58. The molecule has 3 aliphatic rings. The number of rotatable bonds is 11. The van der Waals surface area contributed by atoms with E-state index in [2.05, 4.69) is 10.6 Å². The van der Waals surface area contributed by atoms with Gasteiger partial charge in [-0.25, -0.2) is 9.59 Å². The summed E-state index contributed by atoms with van der Waals surface area (Å²) in [5, 5.41) is 14.1. The molecule has 0 aromatic heterocycles. The predicted molar refractivity (Wildman–Crippen MR) is 168 cm³/mol. The van der Waals surface area contributed by atoms with Crippen LogP contribution in [0.15, 0.2) is 48.5 Å². The van der Waals surface area contributed by atoms with Gasteiger partial charge in [-0.15, -0.1) is 0 Å². The lowest BCUT2D eigenvalue weighted by atomic mass is 9.98. The van der Waals surface area contributed by atoms with Crippen LogP contribution in [0.1, 0.15) is 69.9 Å². The van der Waals surface area contributed by atoms with Gasteiger partial charge in [-0.3, -0.25) is 14.4 Å². The molecule has 2 aromatic carbocycles. The van der Waals surface area contributed by atoms with Crippen molar-refractivity contribution in [3.05, 3.63) is 59.7 Å². The summed E-state index contributed by atoms with van der Waals surface area (Å²) in [7, 11) is 0. The standard InChI is InChI=1S/C34H42N4O8/c1-34(2,3)46-33(44)38-19-21-17-22(38)18-37(21)29(39)14-8-13-28(31(42)35-16-15-30(40)41)36-32(43)45-20-27-25-11-6-4-9-23(25)24-10-5-7-12-26(24)27/h4-7,9-12,21-22,27-28H,8,13-20H2,1-3H3,(H,35,42)(H,36,43)(H,40,41)/t21-,22-,28-/m0/s1. The number of piperazine rings is 1. The summed E-state index contributed by atoms with van der Waals surface area (Å²) in [6.07, 6.45) is -0.0954. The third-order valence-electron chi connectivity index (χ3n) is 8.66. The highest BCUT2D eigenvalue weighted by atomic mass is 16.6. The molecule has 0 spiro atoms. The minimum absolute atomic E-state index is 0.0729. The fraction of sp³-hybridized carbons (Fsp3) is 0.500. The normalized spacial score (nSPS) is 18.8. The lowest BCUT2D eigenvalue weighted by molar-refractivity contribution is -0.137. The summed E-state index contributed by atoms with van der Waals surface area (Å²) in [6.45, 7) is 6.28. The number of carboxylic acids is 1. The maximum absolute atomic E-state index is 13.1. The minimum atomic E-state index is -1.06. The van der Waals surface area contributed by atoms with Crippen LogP contribution in [0.2, 0.25) is 0 Å². The molecule has 0 unspecified atom stereocenters. The molecule has 5 rings (SSSR count). The largest absolute Gasteiger partial charge is 0.481 e. The number of fused-ring (bicyclic) bond motifs is 5. The maximum Gasteiger partial charge on any atom is 0.410 e. The highest BCUT2D eigenvalue weighted by molar-refractivity contribution is 5.86. The quantitative estimate of drug-likeness (QED) is 0.337. The van der Waals surface area contributed by atoms with Crippen LogP contribution in [0.25, 0.3) is 11.1 Å². The average molecular weight is 635 g/mol. The Morgan fingerprint density at radius 3 is 2.11 bits per heavy atom. The highest BCUT2D eigenvalue weighted by Crippen LogP contribution is 2.44. The van der Waals surface area contributed by atoms with Crippen LogP contribution in [0.3, 0.4) is 0 Å². The number of carbonyl (C=O) groups is 5. The molecule has 2 fully saturated rings. The van der Waals surface area contributed by atoms with E-state index in [4.69, 9.17) is 14.6 Å². The third kappa shape index (κ3) is 7.60. The molecule has 3 N–H and O–H groups in total. The molecule has 3 atom stereocenters. The van der Waals surface area contributed by atoms with Gasteiger partial charge in [0.05, 0.1) is 18.5 Å². The van der Waals surface area contributed by atoms with Crippen molar-refractivity contribution in [2.75, 3.05) is 26.2 Å². The molecule has 0 radical (unpaired) electrons. The van der Waals surface area contributed by atoms with Crippen molar-refractivity contribution in [2.45, 2.75) is 82.5 Å². The van der Waals surface area contributed by atoms with Gasteiger partial charge >= 0.3 is 18.2 Å². The number of nitrogens with zero attached hydrogens (tertiary/aromatic N) is 2. The second-order valence-corrected chi connectivity index (χ2v) is 13.1. The summed E-state index contributed by atoms with van der Waals surface area (Å²) in [4.78, 5) is 66.0. The summed E-state index contributed by atoms with van der Waals surface area (Å²) in [6, 6.07) is 14.7. The Balaban J connectivity index is 1.14. The second kappa shape index (κ2) is 13.8. The Morgan fingerprint density at radius 1 is 0.913 bits per heavy atom. The Bertz CT molecular complexity index is 1440.